The number of amides is 1. The van der Waals surface area contributed by atoms with Crippen molar-refractivity contribution in [3.63, 3.8) is 0 Å². The maximum atomic E-state index is 13.6. The minimum Gasteiger partial charge on any atom is -0.494 e. The van der Waals surface area contributed by atoms with Crippen molar-refractivity contribution in [1.82, 2.24) is 10.3 Å². The van der Waals surface area contributed by atoms with Crippen molar-refractivity contribution in [2.45, 2.75) is 13.0 Å². The van der Waals surface area contributed by atoms with Crippen molar-refractivity contribution < 1.29 is 13.9 Å². The van der Waals surface area contributed by atoms with Crippen LogP contribution in [0.15, 0.2) is 42.6 Å². The SMILES string of the molecule is COc1ccc(C(=O)N[C@@H](C)c2ccccn2)cc1F. The van der Waals surface area contributed by atoms with Crippen LogP contribution in [0.4, 0.5) is 4.39 Å². The van der Waals surface area contributed by atoms with Gasteiger partial charge in [0.2, 0.25) is 0 Å². The van der Waals surface area contributed by atoms with Crippen LogP contribution in [0.2, 0.25) is 0 Å². The molecule has 0 saturated carbocycles. The second-order valence-corrected chi connectivity index (χ2v) is 4.30. The molecular weight excluding hydrogens is 259 g/mol. The highest BCUT2D eigenvalue weighted by Gasteiger charge is 2.14. The van der Waals surface area contributed by atoms with E-state index in [0.717, 1.165) is 11.8 Å². The average molecular weight is 274 g/mol. The largest absolute Gasteiger partial charge is 0.494 e. The standard InChI is InChI=1S/C15H15FN2O2/c1-10(13-5-3-4-8-17-13)18-15(19)11-6-7-14(20-2)12(16)9-11/h3-10H,1-2H3,(H,18,19)/t10-/m0/s1. The molecule has 0 unspecified atom stereocenters. The highest BCUT2D eigenvalue weighted by Crippen LogP contribution is 2.18. The van der Waals surface area contributed by atoms with Crippen molar-refractivity contribution in [3.05, 3.63) is 59.7 Å². The lowest BCUT2D eigenvalue weighted by molar-refractivity contribution is 0.0938. The fourth-order valence-electron chi connectivity index (χ4n) is 1.79. The topological polar surface area (TPSA) is 51.2 Å². The number of nitrogens with zero attached hydrogens (tertiary/aromatic N) is 1. The van der Waals surface area contributed by atoms with E-state index in [-0.39, 0.29) is 23.3 Å². The third-order valence-electron chi connectivity index (χ3n) is 2.89. The van der Waals surface area contributed by atoms with Crippen LogP contribution in [0.1, 0.15) is 29.0 Å². The highest BCUT2D eigenvalue weighted by atomic mass is 19.1. The maximum Gasteiger partial charge on any atom is 0.251 e. The predicted molar refractivity (Wildman–Crippen MR) is 73.1 cm³/mol. The van der Waals surface area contributed by atoms with Crippen LogP contribution in [0, 0.1) is 5.82 Å². The zero-order valence-corrected chi connectivity index (χ0v) is 11.3. The predicted octanol–water partition coefficient (Wildman–Crippen LogP) is 2.72. The zero-order valence-electron chi connectivity index (χ0n) is 11.3. The number of benzene rings is 1. The lowest BCUT2D eigenvalue weighted by atomic mass is 10.1. The molecule has 0 bridgehead atoms. The van der Waals surface area contributed by atoms with E-state index in [1.54, 1.807) is 12.3 Å². The summed E-state index contributed by atoms with van der Waals surface area (Å²) in [4.78, 5) is 16.2. The molecule has 1 aromatic heterocycles. The molecule has 0 fully saturated rings. The summed E-state index contributed by atoms with van der Waals surface area (Å²) in [6.45, 7) is 1.82. The van der Waals surface area contributed by atoms with Crippen LogP contribution in [-0.4, -0.2) is 18.0 Å². The summed E-state index contributed by atoms with van der Waals surface area (Å²) in [5.41, 5.74) is 0.987. The normalized spacial score (nSPS) is 11.8. The van der Waals surface area contributed by atoms with E-state index in [0.29, 0.717) is 0 Å². The van der Waals surface area contributed by atoms with Gasteiger partial charge in [-0.25, -0.2) is 4.39 Å². The van der Waals surface area contributed by atoms with E-state index in [9.17, 15) is 9.18 Å². The first kappa shape index (κ1) is 14.0. The van der Waals surface area contributed by atoms with E-state index in [1.165, 1.54) is 19.2 Å². The maximum absolute atomic E-state index is 13.6. The number of nitrogens with one attached hydrogen (secondary N) is 1. The first-order chi connectivity index (χ1) is 9.61. The molecule has 4 nitrogen and oxygen atoms in total. The third kappa shape index (κ3) is 3.12. The smallest absolute Gasteiger partial charge is 0.251 e. The second-order valence-electron chi connectivity index (χ2n) is 4.30. The van der Waals surface area contributed by atoms with Gasteiger partial charge in [-0.05, 0) is 37.3 Å². The molecule has 0 aliphatic rings. The van der Waals surface area contributed by atoms with Crippen molar-refractivity contribution >= 4 is 5.91 Å². The van der Waals surface area contributed by atoms with Crippen molar-refractivity contribution in [2.75, 3.05) is 7.11 Å². The van der Waals surface area contributed by atoms with Crippen molar-refractivity contribution in [2.24, 2.45) is 0 Å². The van der Waals surface area contributed by atoms with Crippen LogP contribution in [0.5, 0.6) is 5.75 Å². The quantitative estimate of drug-likeness (QED) is 0.932. The fourth-order valence-corrected chi connectivity index (χ4v) is 1.79. The molecule has 0 aliphatic heterocycles. The van der Waals surface area contributed by atoms with Gasteiger partial charge in [0.1, 0.15) is 0 Å². The Morgan fingerprint density at radius 1 is 1.35 bits per heavy atom. The molecule has 2 rings (SSSR count). The number of hydrogen-bond donors (Lipinski definition) is 1. The van der Waals surface area contributed by atoms with Gasteiger partial charge >= 0.3 is 0 Å². The third-order valence-corrected chi connectivity index (χ3v) is 2.89. The second kappa shape index (κ2) is 6.14. The van der Waals surface area contributed by atoms with Crippen LogP contribution < -0.4 is 10.1 Å². The molecule has 2 aromatic rings. The first-order valence-electron chi connectivity index (χ1n) is 6.17. The van der Waals surface area contributed by atoms with Crippen LogP contribution >= 0.6 is 0 Å². The molecule has 1 amide bonds. The van der Waals surface area contributed by atoms with E-state index < -0.39 is 5.82 Å². The van der Waals surface area contributed by atoms with Crippen LogP contribution in [-0.2, 0) is 0 Å². The molecule has 1 heterocycles. The van der Waals surface area contributed by atoms with E-state index in [1.807, 2.05) is 19.1 Å². The monoisotopic (exact) mass is 274 g/mol. The molecule has 1 aromatic carbocycles. The first-order valence-corrected chi connectivity index (χ1v) is 6.17. The number of rotatable bonds is 4. The number of hydrogen-bond acceptors (Lipinski definition) is 3. The van der Waals surface area contributed by atoms with Gasteiger partial charge < -0.3 is 10.1 Å². The lowest BCUT2D eigenvalue weighted by Gasteiger charge is -2.13. The summed E-state index contributed by atoms with van der Waals surface area (Å²) in [5, 5.41) is 2.77. The Morgan fingerprint density at radius 2 is 2.15 bits per heavy atom. The molecule has 1 atom stereocenters. The van der Waals surface area contributed by atoms with Crippen molar-refractivity contribution in [3.8, 4) is 5.75 Å². The van der Waals surface area contributed by atoms with Gasteiger partial charge in [-0.3, -0.25) is 9.78 Å². The summed E-state index contributed by atoms with van der Waals surface area (Å²) in [6.07, 6.45) is 1.66. The number of halogens is 1. The zero-order chi connectivity index (χ0) is 14.5. The Morgan fingerprint density at radius 3 is 2.75 bits per heavy atom. The Labute approximate surface area is 116 Å². The average Bonchev–Trinajstić information content (AvgIpc) is 2.48. The van der Waals surface area contributed by atoms with Gasteiger partial charge in [-0.15, -0.1) is 0 Å². The number of aromatic nitrogens is 1. The van der Waals surface area contributed by atoms with Crippen molar-refractivity contribution in [1.29, 1.82) is 0 Å². The Hall–Kier alpha value is -2.43. The number of carbonyl (C=O) groups is 1. The molecule has 1 N–H and O–H groups in total. The molecule has 5 heteroatoms. The van der Waals surface area contributed by atoms with E-state index in [2.05, 4.69) is 10.3 Å². The number of carbonyl (C=O) groups excluding carboxylic acids is 1. The molecule has 0 radical (unpaired) electrons. The highest BCUT2D eigenvalue weighted by molar-refractivity contribution is 5.94. The Kier molecular flexibility index (Phi) is 4.30. The summed E-state index contributed by atoms with van der Waals surface area (Å²) in [6, 6.07) is 9.31. The summed E-state index contributed by atoms with van der Waals surface area (Å²) >= 11 is 0. The van der Waals surface area contributed by atoms with Gasteiger partial charge in [0.25, 0.3) is 5.91 Å². The van der Waals surface area contributed by atoms with Crippen LogP contribution in [0.25, 0.3) is 0 Å². The minimum atomic E-state index is -0.564. The van der Waals surface area contributed by atoms with E-state index in [4.69, 9.17) is 4.74 Å². The number of pyridine rings is 1. The van der Waals surface area contributed by atoms with Gasteiger partial charge in [0.05, 0.1) is 18.8 Å². The molecular formula is C15H15FN2O2. The molecule has 20 heavy (non-hydrogen) atoms. The lowest BCUT2D eigenvalue weighted by Crippen LogP contribution is -2.27. The molecule has 104 valence electrons. The number of ether oxygens (including phenoxy) is 1. The van der Waals surface area contributed by atoms with Crippen LogP contribution in [0.3, 0.4) is 0 Å². The van der Waals surface area contributed by atoms with Gasteiger partial charge in [-0.1, -0.05) is 6.07 Å². The molecule has 0 aliphatic carbocycles. The van der Waals surface area contributed by atoms with E-state index >= 15 is 0 Å². The van der Waals surface area contributed by atoms with Gasteiger partial charge in [-0.2, -0.15) is 0 Å². The number of methoxy groups -OCH3 is 1. The molecule has 0 saturated heterocycles. The minimum absolute atomic E-state index is 0.110. The Balaban J connectivity index is 2.10. The summed E-state index contributed by atoms with van der Waals surface area (Å²) in [5.74, 6) is -0.810. The van der Waals surface area contributed by atoms with Gasteiger partial charge in [0.15, 0.2) is 11.6 Å². The summed E-state index contributed by atoms with van der Waals surface area (Å²) < 4.78 is 18.4. The van der Waals surface area contributed by atoms with Gasteiger partial charge in [0, 0.05) is 11.8 Å². The Bertz CT molecular complexity index is 602. The fraction of sp³-hybridized carbons (Fsp3) is 0.200. The molecule has 0 spiro atoms. The summed E-state index contributed by atoms with van der Waals surface area (Å²) in [7, 11) is 1.38.